The molecule has 0 bridgehead atoms. The summed E-state index contributed by atoms with van der Waals surface area (Å²) < 4.78 is 5.02. The molecular formula is C21H23N3O6. The van der Waals surface area contributed by atoms with Crippen molar-refractivity contribution >= 4 is 23.9 Å². The molecule has 0 spiro atoms. The van der Waals surface area contributed by atoms with E-state index in [4.69, 9.17) is 15.6 Å². The molecule has 9 nitrogen and oxygen atoms in total. The Balaban J connectivity index is 1.99. The summed E-state index contributed by atoms with van der Waals surface area (Å²) in [6.45, 7) is -0.0496. The van der Waals surface area contributed by atoms with E-state index >= 15 is 0 Å². The van der Waals surface area contributed by atoms with Gasteiger partial charge in [-0.15, -0.1) is 0 Å². The van der Waals surface area contributed by atoms with Gasteiger partial charge in [-0.05, 0) is 11.1 Å². The van der Waals surface area contributed by atoms with Gasteiger partial charge in [0, 0.05) is 6.42 Å². The molecule has 0 aromatic heterocycles. The van der Waals surface area contributed by atoms with Crippen LogP contribution in [0.3, 0.4) is 0 Å². The zero-order chi connectivity index (χ0) is 21.9. The molecule has 0 radical (unpaired) electrons. The molecule has 0 aliphatic rings. The summed E-state index contributed by atoms with van der Waals surface area (Å²) in [5.41, 5.74) is 6.85. The summed E-state index contributed by atoms with van der Waals surface area (Å²) in [4.78, 5) is 47.4. The van der Waals surface area contributed by atoms with Crippen molar-refractivity contribution in [1.82, 2.24) is 10.6 Å². The predicted octanol–water partition coefficient (Wildman–Crippen LogP) is 0.969. The van der Waals surface area contributed by atoms with E-state index < -0.39 is 42.4 Å². The fraction of sp³-hybridized carbons (Fsp3) is 0.238. The Morgan fingerprint density at radius 3 is 1.97 bits per heavy atom. The second kappa shape index (κ2) is 11.2. The number of carboxylic acid groups (broad SMARTS) is 1. The number of carboxylic acids is 1. The van der Waals surface area contributed by atoms with E-state index in [1.165, 1.54) is 0 Å². The third-order valence-corrected chi connectivity index (χ3v) is 4.14. The number of benzene rings is 2. The summed E-state index contributed by atoms with van der Waals surface area (Å²) in [5, 5.41) is 13.7. The molecule has 0 saturated carbocycles. The first-order valence-corrected chi connectivity index (χ1v) is 9.17. The van der Waals surface area contributed by atoms with Crippen LogP contribution in [0.5, 0.6) is 0 Å². The lowest BCUT2D eigenvalue weighted by Gasteiger charge is -2.21. The Bertz CT molecular complexity index is 873. The van der Waals surface area contributed by atoms with E-state index in [1.54, 1.807) is 60.7 Å². The Kier molecular flexibility index (Phi) is 8.37. The maximum absolute atomic E-state index is 12.5. The Labute approximate surface area is 173 Å². The van der Waals surface area contributed by atoms with Crippen molar-refractivity contribution < 1.29 is 29.0 Å². The lowest BCUT2D eigenvalue weighted by atomic mass is 10.0. The number of aliphatic carboxylic acids is 1. The zero-order valence-corrected chi connectivity index (χ0v) is 16.1. The maximum atomic E-state index is 12.5. The standard InChI is InChI=1S/C21H23N3O6/c22-19(27)16(11-14-7-3-1-4-8-14)23-20(28)17(12-18(25)26)24-21(29)30-13-15-9-5-2-6-10-15/h1-10,16-17H,11-13H2,(H2,22,27)(H,23,28)(H,24,29)(H,25,26)/t16-,17+/m0/s1. The number of nitrogens with two attached hydrogens (primary N) is 1. The van der Waals surface area contributed by atoms with Gasteiger partial charge in [0.2, 0.25) is 11.8 Å². The Morgan fingerprint density at radius 2 is 1.43 bits per heavy atom. The predicted molar refractivity (Wildman–Crippen MR) is 107 cm³/mol. The molecule has 0 fully saturated rings. The number of hydrogen-bond donors (Lipinski definition) is 4. The summed E-state index contributed by atoms with van der Waals surface area (Å²) >= 11 is 0. The van der Waals surface area contributed by atoms with Gasteiger partial charge in [0.15, 0.2) is 0 Å². The van der Waals surface area contributed by atoms with Crippen LogP contribution in [0.25, 0.3) is 0 Å². The molecule has 0 heterocycles. The number of hydrogen-bond acceptors (Lipinski definition) is 5. The number of alkyl carbamates (subject to hydrolysis) is 1. The maximum Gasteiger partial charge on any atom is 0.408 e. The number of ether oxygens (including phenoxy) is 1. The van der Waals surface area contributed by atoms with E-state index in [0.29, 0.717) is 0 Å². The van der Waals surface area contributed by atoms with E-state index in [2.05, 4.69) is 10.6 Å². The topological polar surface area (TPSA) is 148 Å². The first-order chi connectivity index (χ1) is 14.3. The molecule has 5 N–H and O–H groups in total. The fourth-order valence-electron chi connectivity index (χ4n) is 2.64. The number of primary amides is 1. The highest BCUT2D eigenvalue weighted by Crippen LogP contribution is 2.05. The van der Waals surface area contributed by atoms with E-state index in [-0.39, 0.29) is 13.0 Å². The third-order valence-electron chi connectivity index (χ3n) is 4.14. The first-order valence-electron chi connectivity index (χ1n) is 9.17. The number of nitrogens with one attached hydrogen (secondary N) is 2. The van der Waals surface area contributed by atoms with E-state index in [0.717, 1.165) is 11.1 Å². The van der Waals surface area contributed by atoms with Crippen LogP contribution in [0.1, 0.15) is 17.5 Å². The van der Waals surface area contributed by atoms with Crippen molar-refractivity contribution in [2.45, 2.75) is 31.5 Å². The summed E-state index contributed by atoms with van der Waals surface area (Å²) in [5.74, 6) is -2.95. The van der Waals surface area contributed by atoms with Crippen LogP contribution in [-0.2, 0) is 32.1 Å². The van der Waals surface area contributed by atoms with Gasteiger partial charge >= 0.3 is 12.1 Å². The van der Waals surface area contributed by atoms with Crippen LogP contribution >= 0.6 is 0 Å². The van der Waals surface area contributed by atoms with Crippen molar-refractivity contribution in [1.29, 1.82) is 0 Å². The normalized spacial score (nSPS) is 12.3. The molecule has 0 unspecified atom stereocenters. The molecule has 30 heavy (non-hydrogen) atoms. The molecule has 0 aliphatic carbocycles. The van der Waals surface area contributed by atoms with Crippen molar-refractivity contribution in [3.8, 4) is 0 Å². The molecule has 0 aliphatic heterocycles. The van der Waals surface area contributed by atoms with Gasteiger partial charge in [0.05, 0.1) is 6.42 Å². The summed E-state index contributed by atoms with van der Waals surface area (Å²) in [7, 11) is 0. The summed E-state index contributed by atoms with van der Waals surface area (Å²) in [6, 6.07) is 15.2. The zero-order valence-electron chi connectivity index (χ0n) is 16.1. The van der Waals surface area contributed by atoms with Crippen LogP contribution in [0.2, 0.25) is 0 Å². The minimum atomic E-state index is -1.44. The van der Waals surface area contributed by atoms with E-state index in [1.807, 2.05) is 0 Å². The van der Waals surface area contributed by atoms with Gasteiger partial charge in [-0.3, -0.25) is 14.4 Å². The van der Waals surface area contributed by atoms with Crippen LogP contribution in [0.15, 0.2) is 60.7 Å². The molecule has 0 saturated heterocycles. The molecule has 2 rings (SSSR count). The quantitative estimate of drug-likeness (QED) is 0.456. The molecule has 2 aromatic carbocycles. The van der Waals surface area contributed by atoms with Crippen molar-refractivity contribution in [3.05, 3.63) is 71.8 Å². The van der Waals surface area contributed by atoms with Gasteiger partial charge in [0.1, 0.15) is 18.7 Å². The molecule has 158 valence electrons. The molecule has 2 atom stereocenters. The number of rotatable bonds is 10. The third kappa shape index (κ3) is 7.63. The monoisotopic (exact) mass is 413 g/mol. The Hall–Kier alpha value is -3.88. The lowest BCUT2D eigenvalue weighted by Crippen LogP contribution is -2.54. The molecule has 9 heteroatoms. The summed E-state index contributed by atoms with van der Waals surface area (Å²) in [6.07, 6.45) is -1.53. The second-order valence-electron chi connectivity index (χ2n) is 6.51. The van der Waals surface area contributed by atoms with Gasteiger partial charge in [-0.2, -0.15) is 0 Å². The lowest BCUT2D eigenvalue weighted by molar-refractivity contribution is -0.140. The van der Waals surface area contributed by atoms with Gasteiger partial charge in [0.25, 0.3) is 0 Å². The number of carbonyl (C=O) groups excluding carboxylic acids is 3. The van der Waals surface area contributed by atoms with Crippen LogP contribution < -0.4 is 16.4 Å². The highest BCUT2D eigenvalue weighted by atomic mass is 16.5. The van der Waals surface area contributed by atoms with E-state index in [9.17, 15) is 19.2 Å². The Morgan fingerprint density at radius 1 is 0.867 bits per heavy atom. The molecule has 2 aromatic rings. The van der Waals surface area contributed by atoms with Gasteiger partial charge in [-0.1, -0.05) is 60.7 Å². The van der Waals surface area contributed by atoms with Gasteiger partial charge in [-0.25, -0.2) is 4.79 Å². The van der Waals surface area contributed by atoms with Crippen LogP contribution in [0, 0.1) is 0 Å². The van der Waals surface area contributed by atoms with Crippen molar-refractivity contribution in [3.63, 3.8) is 0 Å². The number of carbonyl (C=O) groups is 4. The minimum Gasteiger partial charge on any atom is -0.481 e. The van der Waals surface area contributed by atoms with Crippen molar-refractivity contribution in [2.24, 2.45) is 5.73 Å². The average molecular weight is 413 g/mol. The van der Waals surface area contributed by atoms with Crippen LogP contribution in [0.4, 0.5) is 4.79 Å². The SMILES string of the molecule is NC(=O)[C@H](Cc1ccccc1)NC(=O)[C@@H](CC(=O)O)NC(=O)OCc1ccccc1. The smallest absolute Gasteiger partial charge is 0.408 e. The van der Waals surface area contributed by atoms with Crippen LogP contribution in [-0.4, -0.2) is 41.1 Å². The van der Waals surface area contributed by atoms with Gasteiger partial charge < -0.3 is 26.2 Å². The molecule has 3 amide bonds. The first kappa shape index (κ1) is 22.4. The highest BCUT2D eigenvalue weighted by Gasteiger charge is 2.28. The molecular weight excluding hydrogens is 390 g/mol. The largest absolute Gasteiger partial charge is 0.481 e. The number of amides is 3. The second-order valence-corrected chi connectivity index (χ2v) is 6.51. The minimum absolute atomic E-state index is 0.0496. The fourth-order valence-corrected chi connectivity index (χ4v) is 2.64. The highest BCUT2D eigenvalue weighted by molar-refractivity contribution is 5.93. The van der Waals surface area contributed by atoms with Crippen molar-refractivity contribution in [2.75, 3.05) is 0 Å². The average Bonchev–Trinajstić information content (AvgIpc) is 2.72.